The highest BCUT2D eigenvalue weighted by atomic mass is 19.2. The van der Waals surface area contributed by atoms with Crippen molar-refractivity contribution in [2.24, 2.45) is 0 Å². The Morgan fingerprint density at radius 2 is 1.69 bits per heavy atom. The molecule has 7 nitrogen and oxygen atoms in total. The van der Waals surface area contributed by atoms with Gasteiger partial charge in [-0.05, 0) is 36.8 Å². The third-order valence-corrected chi connectivity index (χ3v) is 6.50. The quantitative estimate of drug-likeness (QED) is 0.395. The lowest BCUT2D eigenvalue weighted by Crippen LogP contribution is -2.46. The number of carbonyl (C=O) groups is 2. The van der Waals surface area contributed by atoms with Crippen LogP contribution in [0.1, 0.15) is 40.0 Å². The van der Waals surface area contributed by atoms with Crippen LogP contribution in [0, 0.1) is 29.1 Å². The number of carbonyl (C=O) groups excluding carboxylic acids is 2. The highest BCUT2D eigenvalue weighted by Crippen LogP contribution is 2.38. The lowest BCUT2D eigenvalue weighted by molar-refractivity contribution is 0.0950. The number of aliphatic hydroxyl groups excluding tert-OH is 1. The molecule has 12 heteroatoms. The number of rotatable bonds is 8. The van der Waals surface area contributed by atoms with E-state index >= 15 is 0 Å². The van der Waals surface area contributed by atoms with Gasteiger partial charge in [-0.1, -0.05) is 6.07 Å². The third kappa shape index (κ3) is 5.51. The van der Waals surface area contributed by atoms with Crippen molar-refractivity contribution in [1.29, 1.82) is 0 Å². The van der Waals surface area contributed by atoms with Gasteiger partial charge < -0.3 is 20.1 Å². The number of hydrogen-bond donors (Lipinski definition) is 2. The summed E-state index contributed by atoms with van der Waals surface area (Å²) in [6, 6.07) is 6.41. The van der Waals surface area contributed by atoms with Crippen molar-refractivity contribution in [2.75, 3.05) is 25.2 Å². The molecule has 0 fully saturated rings. The van der Waals surface area contributed by atoms with Gasteiger partial charge in [-0.25, -0.2) is 26.7 Å². The Kier molecular flexibility index (Phi) is 8.05. The largest absolute Gasteiger partial charge is 0.491 e. The standard InChI is InChI=1S/C27H24F5N3O4/c1-14-17-4-3-15(26(37)33-12-18-21(30)10-16(28)11-22(18)31)9-23(17)35(27(38)34(14)2)13-19-24(39-8-7-36)6-5-20(29)25(19)32/h3-6,9-11,14,36H,7-8,12-13H2,1-2H3,(H,33,37)/t14-/m0/s1. The molecule has 0 bridgehead atoms. The summed E-state index contributed by atoms with van der Waals surface area (Å²) in [5.74, 6) is -6.65. The minimum absolute atomic E-state index is 0.0164. The summed E-state index contributed by atoms with van der Waals surface area (Å²) < 4.78 is 75.5. The summed E-state index contributed by atoms with van der Waals surface area (Å²) in [6.45, 7) is 0.125. The fourth-order valence-corrected chi connectivity index (χ4v) is 4.28. The Morgan fingerprint density at radius 1 is 1.00 bits per heavy atom. The van der Waals surface area contributed by atoms with Crippen LogP contribution in [0.15, 0.2) is 42.5 Å². The molecular formula is C27H24F5N3O4. The number of nitrogens with one attached hydrogen (secondary N) is 1. The van der Waals surface area contributed by atoms with E-state index in [4.69, 9.17) is 9.84 Å². The number of anilines is 1. The lowest BCUT2D eigenvalue weighted by atomic mass is 9.98. The zero-order valence-corrected chi connectivity index (χ0v) is 20.9. The van der Waals surface area contributed by atoms with Crippen LogP contribution in [0.3, 0.4) is 0 Å². The molecule has 0 saturated carbocycles. The van der Waals surface area contributed by atoms with Gasteiger partial charge in [-0.15, -0.1) is 0 Å². The van der Waals surface area contributed by atoms with E-state index in [1.165, 1.54) is 30.1 Å². The molecule has 0 aliphatic carbocycles. The number of hydrogen-bond acceptors (Lipinski definition) is 4. The minimum atomic E-state index is -1.24. The average molecular weight is 549 g/mol. The van der Waals surface area contributed by atoms with Gasteiger partial charge in [-0.3, -0.25) is 9.69 Å². The molecule has 1 aliphatic rings. The maximum Gasteiger partial charge on any atom is 0.325 e. The fourth-order valence-electron chi connectivity index (χ4n) is 4.28. The van der Waals surface area contributed by atoms with Crippen molar-refractivity contribution in [1.82, 2.24) is 10.2 Å². The maximum absolute atomic E-state index is 14.9. The van der Waals surface area contributed by atoms with Gasteiger partial charge in [0.2, 0.25) is 0 Å². The van der Waals surface area contributed by atoms with Gasteiger partial charge in [0, 0.05) is 36.9 Å². The van der Waals surface area contributed by atoms with Crippen molar-refractivity contribution in [2.45, 2.75) is 26.1 Å². The number of amides is 3. The van der Waals surface area contributed by atoms with E-state index in [0.717, 1.165) is 11.0 Å². The summed E-state index contributed by atoms with van der Waals surface area (Å²) in [5, 5.41) is 11.4. The molecule has 3 aromatic rings. The number of benzene rings is 3. The molecule has 0 unspecified atom stereocenters. The summed E-state index contributed by atoms with van der Waals surface area (Å²) in [7, 11) is 1.53. The lowest BCUT2D eigenvalue weighted by Gasteiger charge is -2.40. The molecule has 3 aromatic carbocycles. The van der Waals surface area contributed by atoms with Gasteiger partial charge in [0.1, 0.15) is 29.8 Å². The smallest absolute Gasteiger partial charge is 0.325 e. The van der Waals surface area contributed by atoms with E-state index in [1.807, 2.05) is 0 Å². The van der Waals surface area contributed by atoms with Gasteiger partial charge in [-0.2, -0.15) is 0 Å². The van der Waals surface area contributed by atoms with E-state index in [-0.39, 0.29) is 35.8 Å². The molecule has 0 saturated heterocycles. The van der Waals surface area contributed by atoms with Crippen molar-refractivity contribution in [3.63, 3.8) is 0 Å². The molecular weight excluding hydrogens is 525 g/mol. The Morgan fingerprint density at radius 3 is 2.36 bits per heavy atom. The second-order valence-corrected chi connectivity index (χ2v) is 8.87. The highest BCUT2D eigenvalue weighted by molar-refractivity contribution is 5.99. The minimum Gasteiger partial charge on any atom is -0.491 e. The van der Waals surface area contributed by atoms with Crippen LogP contribution in [-0.2, 0) is 13.1 Å². The van der Waals surface area contributed by atoms with Crippen LogP contribution in [0.25, 0.3) is 0 Å². The Labute approximate surface area is 220 Å². The number of fused-ring (bicyclic) bond motifs is 1. The van der Waals surface area contributed by atoms with Crippen molar-refractivity contribution < 1.29 is 41.4 Å². The van der Waals surface area contributed by atoms with Crippen LogP contribution in [0.4, 0.5) is 32.4 Å². The van der Waals surface area contributed by atoms with E-state index in [9.17, 15) is 31.5 Å². The number of halogens is 5. The Hall–Kier alpha value is -4.19. The molecule has 39 heavy (non-hydrogen) atoms. The number of urea groups is 1. The second kappa shape index (κ2) is 11.3. The van der Waals surface area contributed by atoms with Gasteiger partial charge >= 0.3 is 6.03 Å². The van der Waals surface area contributed by atoms with Crippen molar-refractivity contribution in [3.05, 3.63) is 93.8 Å². The van der Waals surface area contributed by atoms with Gasteiger partial charge in [0.15, 0.2) is 11.6 Å². The van der Waals surface area contributed by atoms with E-state index < -0.39 is 65.7 Å². The zero-order valence-electron chi connectivity index (χ0n) is 20.9. The summed E-state index contributed by atoms with van der Waals surface area (Å²) in [5.41, 5.74) is 0.0327. The van der Waals surface area contributed by atoms with Crippen molar-refractivity contribution >= 4 is 17.6 Å². The van der Waals surface area contributed by atoms with Crippen LogP contribution in [0.2, 0.25) is 0 Å². The molecule has 1 atom stereocenters. The predicted molar refractivity (Wildman–Crippen MR) is 131 cm³/mol. The van der Waals surface area contributed by atoms with Gasteiger partial charge in [0.25, 0.3) is 5.91 Å². The first-order chi connectivity index (χ1) is 18.5. The normalized spacial score (nSPS) is 14.9. The van der Waals surface area contributed by atoms with Gasteiger partial charge in [0.05, 0.1) is 30.4 Å². The first-order valence-corrected chi connectivity index (χ1v) is 11.8. The molecule has 1 heterocycles. The Bertz CT molecular complexity index is 1410. The molecule has 206 valence electrons. The summed E-state index contributed by atoms with van der Waals surface area (Å²) in [4.78, 5) is 28.6. The number of nitrogens with zero attached hydrogens (tertiary/aromatic N) is 2. The van der Waals surface area contributed by atoms with E-state index in [1.54, 1.807) is 13.0 Å². The molecule has 3 amide bonds. The average Bonchev–Trinajstić information content (AvgIpc) is 2.90. The fraction of sp³-hybridized carbons (Fsp3) is 0.259. The summed E-state index contributed by atoms with van der Waals surface area (Å²) in [6.07, 6.45) is 0. The van der Waals surface area contributed by atoms with Crippen LogP contribution < -0.4 is 15.0 Å². The first kappa shape index (κ1) is 27.8. The molecule has 1 aliphatic heterocycles. The summed E-state index contributed by atoms with van der Waals surface area (Å²) >= 11 is 0. The monoisotopic (exact) mass is 549 g/mol. The molecule has 4 rings (SSSR count). The molecule has 0 spiro atoms. The molecule has 2 N–H and O–H groups in total. The van der Waals surface area contributed by atoms with Crippen molar-refractivity contribution in [3.8, 4) is 5.75 Å². The second-order valence-electron chi connectivity index (χ2n) is 8.87. The number of aliphatic hydroxyl groups is 1. The molecule has 0 aromatic heterocycles. The zero-order chi connectivity index (χ0) is 28.4. The van der Waals surface area contributed by atoms with Crippen LogP contribution >= 0.6 is 0 Å². The van der Waals surface area contributed by atoms with Crippen LogP contribution in [0.5, 0.6) is 5.75 Å². The Balaban J connectivity index is 1.68. The van der Waals surface area contributed by atoms with E-state index in [2.05, 4.69) is 5.32 Å². The van der Waals surface area contributed by atoms with E-state index in [0.29, 0.717) is 17.7 Å². The topological polar surface area (TPSA) is 82.1 Å². The SMILES string of the molecule is C[C@H]1c2ccc(C(=O)NCc3c(F)cc(F)cc3F)cc2N(Cc2c(OCCO)ccc(F)c2F)C(=O)N1C. The highest BCUT2D eigenvalue weighted by Gasteiger charge is 2.35. The molecule has 0 radical (unpaired) electrons. The van der Waals surface area contributed by atoms with Crippen LogP contribution in [-0.4, -0.2) is 42.2 Å². The number of ether oxygens (including phenoxy) is 1. The predicted octanol–water partition coefficient (Wildman–Crippen LogP) is 4.82. The first-order valence-electron chi connectivity index (χ1n) is 11.8. The maximum atomic E-state index is 14.9. The third-order valence-electron chi connectivity index (χ3n) is 6.50.